The third-order valence-corrected chi connectivity index (χ3v) is 3.81. The van der Waals surface area contributed by atoms with E-state index in [-0.39, 0.29) is 23.0 Å². The molecule has 0 saturated heterocycles. The Hall–Kier alpha value is -0.820. The van der Waals surface area contributed by atoms with Crippen LogP contribution in [0.3, 0.4) is 0 Å². The maximum Gasteiger partial charge on any atom is 0.242 e. The van der Waals surface area contributed by atoms with Gasteiger partial charge in [-0.1, -0.05) is 11.6 Å². The van der Waals surface area contributed by atoms with Gasteiger partial charge in [0, 0.05) is 19.2 Å². The minimum Gasteiger partial charge on any atom is -0.497 e. The number of ether oxygens (including phenoxy) is 1. The lowest BCUT2D eigenvalue weighted by atomic mass is 10.3. The fraction of sp³-hybridized carbons (Fsp3) is 0.333. The van der Waals surface area contributed by atoms with Crippen molar-refractivity contribution in [2.75, 3.05) is 20.2 Å². The molecule has 3 N–H and O–H groups in total. The molecule has 0 amide bonds. The van der Waals surface area contributed by atoms with Crippen LogP contribution in [0.25, 0.3) is 0 Å². The highest BCUT2D eigenvalue weighted by atomic mass is 35.5. The van der Waals surface area contributed by atoms with Crippen molar-refractivity contribution in [2.45, 2.75) is 4.90 Å². The molecule has 1 rings (SSSR count). The van der Waals surface area contributed by atoms with Gasteiger partial charge in [-0.3, -0.25) is 0 Å². The highest BCUT2D eigenvalue weighted by Crippen LogP contribution is 2.25. The normalized spacial score (nSPS) is 11.4. The van der Waals surface area contributed by atoms with Gasteiger partial charge in [-0.25, -0.2) is 13.1 Å². The van der Waals surface area contributed by atoms with Gasteiger partial charge in [-0.15, -0.1) is 0 Å². The number of nitrogens with one attached hydrogen (secondary N) is 1. The molecule has 0 saturated carbocycles. The van der Waals surface area contributed by atoms with Crippen LogP contribution in [-0.2, 0) is 10.0 Å². The Kier molecular flexibility index (Phi) is 4.55. The summed E-state index contributed by atoms with van der Waals surface area (Å²) in [6.07, 6.45) is 0. The van der Waals surface area contributed by atoms with Crippen LogP contribution in [0.4, 0.5) is 0 Å². The van der Waals surface area contributed by atoms with Gasteiger partial charge >= 0.3 is 0 Å². The zero-order valence-electron chi connectivity index (χ0n) is 8.73. The average molecular weight is 265 g/mol. The number of halogens is 1. The first-order valence-electron chi connectivity index (χ1n) is 4.54. The lowest BCUT2D eigenvalue weighted by Gasteiger charge is -2.08. The second-order valence-electron chi connectivity index (χ2n) is 2.98. The zero-order chi connectivity index (χ0) is 12.2. The summed E-state index contributed by atoms with van der Waals surface area (Å²) in [5.74, 6) is 0.428. The first-order chi connectivity index (χ1) is 7.51. The second kappa shape index (κ2) is 5.49. The van der Waals surface area contributed by atoms with Gasteiger partial charge in [0.25, 0.3) is 0 Å². The fourth-order valence-electron chi connectivity index (χ4n) is 1.09. The van der Waals surface area contributed by atoms with Crippen LogP contribution >= 0.6 is 11.6 Å². The Balaban J connectivity index is 3.11. The molecule has 0 atom stereocenters. The molecule has 0 bridgehead atoms. The third-order valence-electron chi connectivity index (χ3n) is 1.86. The number of benzene rings is 1. The number of methoxy groups -OCH3 is 1. The van der Waals surface area contributed by atoms with E-state index < -0.39 is 10.0 Å². The van der Waals surface area contributed by atoms with E-state index >= 15 is 0 Å². The van der Waals surface area contributed by atoms with E-state index in [1.807, 2.05) is 0 Å². The van der Waals surface area contributed by atoms with Gasteiger partial charge in [0.1, 0.15) is 10.6 Å². The van der Waals surface area contributed by atoms with Crippen molar-refractivity contribution in [1.29, 1.82) is 0 Å². The molecular weight excluding hydrogens is 252 g/mol. The zero-order valence-corrected chi connectivity index (χ0v) is 10.3. The standard InChI is InChI=1S/C9H13ClN2O3S/c1-15-7-2-3-8(10)9(6-7)16(13,14)12-5-4-11/h2-3,6,12H,4-5,11H2,1H3. The fourth-order valence-corrected chi connectivity index (χ4v) is 2.65. The van der Waals surface area contributed by atoms with Gasteiger partial charge in [0.05, 0.1) is 12.1 Å². The number of sulfonamides is 1. The second-order valence-corrected chi connectivity index (χ2v) is 5.13. The lowest BCUT2D eigenvalue weighted by molar-refractivity contribution is 0.413. The predicted octanol–water partition coefficient (Wildman–Crippen LogP) is 0.586. The van der Waals surface area contributed by atoms with Crippen molar-refractivity contribution in [1.82, 2.24) is 4.72 Å². The Morgan fingerprint density at radius 3 is 2.75 bits per heavy atom. The van der Waals surface area contributed by atoms with Gasteiger partial charge in [0.2, 0.25) is 10.0 Å². The van der Waals surface area contributed by atoms with E-state index in [0.29, 0.717) is 5.75 Å². The highest BCUT2D eigenvalue weighted by molar-refractivity contribution is 7.89. The number of hydrogen-bond acceptors (Lipinski definition) is 4. The monoisotopic (exact) mass is 264 g/mol. The van der Waals surface area contributed by atoms with Crippen molar-refractivity contribution in [3.63, 3.8) is 0 Å². The van der Waals surface area contributed by atoms with Crippen LogP contribution in [0.1, 0.15) is 0 Å². The molecule has 1 aromatic carbocycles. The number of hydrogen-bond donors (Lipinski definition) is 2. The summed E-state index contributed by atoms with van der Waals surface area (Å²) < 4.78 is 30.8. The van der Waals surface area contributed by atoms with E-state index in [2.05, 4.69) is 4.72 Å². The van der Waals surface area contributed by atoms with Crippen LogP contribution in [-0.4, -0.2) is 28.6 Å². The van der Waals surface area contributed by atoms with Crippen molar-refractivity contribution < 1.29 is 13.2 Å². The summed E-state index contributed by atoms with van der Waals surface area (Å²) in [6, 6.07) is 4.42. The Morgan fingerprint density at radius 1 is 1.50 bits per heavy atom. The molecule has 1 aromatic rings. The first kappa shape index (κ1) is 13.2. The summed E-state index contributed by atoms with van der Waals surface area (Å²) in [6.45, 7) is 0.386. The minimum atomic E-state index is -3.63. The SMILES string of the molecule is COc1ccc(Cl)c(S(=O)(=O)NCCN)c1. The van der Waals surface area contributed by atoms with E-state index in [4.69, 9.17) is 22.1 Å². The molecule has 16 heavy (non-hydrogen) atoms. The summed E-state index contributed by atoms with van der Waals surface area (Å²) in [4.78, 5) is -0.0121. The molecular formula is C9H13ClN2O3S. The van der Waals surface area contributed by atoms with Gasteiger partial charge in [0.15, 0.2) is 0 Å². The van der Waals surface area contributed by atoms with E-state index in [1.165, 1.54) is 19.2 Å². The smallest absolute Gasteiger partial charge is 0.242 e. The number of rotatable bonds is 5. The van der Waals surface area contributed by atoms with E-state index in [9.17, 15) is 8.42 Å². The highest BCUT2D eigenvalue weighted by Gasteiger charge is 2.17. The maximum absolute atomic E-state index is 11.8. The third kappa shape index (κ3) is 3.08. The molecule has 0 spiro atoms. The van der Waals surface area contributed by atoms with Crippen LogP contribution < -0.4 is 15.2 Å². The Morgan fingerprint density at radius 2 is 2.19 bits per heavy atom. The minimum absolute atomic E-state index is 0.0121. The van der Waals surface area contributed by atoms with Crippen LogP contribution in [0.5, 0.6) is 5.75 Å². The van der Waals surface area contributed by atoms with Gasteiger partial charge < -0.3 is 10.5 Å². The van der Waals surface area contributed by atoms with E-state index in [0.717, 1.165) is 0 Å². The predicted molar refractivity (Wildman–Crippen MR) is 62.2 cm³/mol. The molecule has 0 radical (unpaired) electrons. The molecule has 0 unspecified atom stereocenters. The molecule has 0 aromatic heterocycles. The quantitative estimate of drug-likeness (QED) is 0.815. The molecule has 0 fully saturated rings. The van der Waals surface area contributed by atoms with Crippen molar-refractivity contribution >= 4 is 21.6 Å². The van der Waals surface area contributed by atoms with Crippen LogP contribution in [0.2, 0.25) is 5.02 Å². The van der Waals surface area contributed by atoms with Crippen molar-refractivity contribution in [2.24, 2.45) is 5.73 Å². The van der Waals surface area contributed by atoms with Crippen LogP contribution in [0, 0.1) is 0 Å². The summed E-state index contributed by atoms with van der Waals surface area (Å²) in [7, 11) is -2.18. The first-order valence-corrected chi connectivity index (χ1v) is 6.40. The lowest BCUT2D eigenvalue weighted by Crippen LogP contribution is -2.29. The molecule has 5 nitrogen and oxygen atoms in total. The summed E-state index contributed by atoms with van der Waals surface area (Å²) in [5, 5.41) is 0.144. The topological polar surface area (TPSA) is 81.4 Å². The van der Waals surface area contributed by atoms with Gasteiger partial charge in [-0.2, -0.15) is 0 Å². The molecule has 0 aliphatic carbocycles. The largest absolute Gasteiger partial charge is 0.497 e. The molecule has 0 heterocycles. The summed E-state index contributed by atoms with van der Waals surface area (Å²) in [5.41, 5.74) is 5.22. The Bertz CT molecular complexity index is 462. The Labute approximate surface area is 99.6 Å². The number of nitrogens with two attached hydrogens (primary N) is 1. The molecule has 0 aliphatic rings. The van der Waals surface area contributed by atoms with Crippen LogP contribution in [0.15, 0.2) is 23.1 Å². The van der Waals surface area contributed by atoms with E-state index in [1.54, 1.807) is 6.07 Å². The maximum atomic E-state index is 11.8. The average Bonchev–Trinajstić information content (AvgIpc) is 2.27. The van der Waals surface area contributed by atoms with Crippen molar-refractivity contribution in [3.05, 3.63) is 23.2 Å². The van der Waals surface area contributed by atoms with Crippen molar-refractivity contribution in [3.8, 4) is 5.75 Å². The molecule has 7 heteroatoms. The molecule has 0 aliphatic heterocycles. The summed E-state index contributed by atoms with van der Waals surface area (Å²) >= 11 is 5.81. The van der Waals surface area contributed by atoms with Gasteiger partial charge in [-0.05, 0) is 12.1 Å². The molecule has 90 valence electrons.